The number of aliphatic imine (C=N–C) groups is 1. The van der Waals surface area contributed by atoms with E-state index in [2.05, 4.69) is 4.99 Å². The summed E-state index contributed by atoms with van der Waals surface area (Å²) >= 11 is 0. The Morgan fingerprint density at radius 1 is 1.00 bits per heavy atom. The van der Waals surface area contributed by atoms with Crippen LogP contribution in [0.15, 0.2) is 11.2 Å². The summed E-state index contributed by atoms with van der Waals surface area (Å²) in [4.78, 5) is 5.27. The molecule has 2 rings (SSSR count). The van der Waals surface area contributed by atoms with Crippen LogP contribution < -0.4 is 0 Å². The second kappa shape index (κ2) is 3.87. The van der Waals surface area contributed by atoms with Gasteiger partial charge in [0.1, 0.15) is 0 Å². The molecule has 0 fully saturated rings. The molecular formula is C11H8F4N2. The molecule has 0 saturated carbocycles. The molecule has 0 atom stereocenters. The third-order valence-corrected chi connectivity index (χ3v) is 2.27. The first-order chi connectivity index (χ1) is 7.93. The van der Waals surface area contributed by atoms with Crippen LogP contribution in [0.3, 0.4) is 0 Å². The summed E-state index contributed by atoms with van der Waals surface area (Å²) in [5.41, 5.74) is -0.662. The molecule has 6 heteroatoms. The molecular weight excluding hydrogens is 236 g/mol. The maximum atomic E-state index is 13.5. The summed E-state index contributed by atoms with van der Waals surface area (Å²) in [6.07, 6.45) is 2.37. The van der Waals surface area contributed by atoms with Crippen molar-refractivity contribution in [2.75, 3.05) is 14.1 Å². The molecule has 1 aliphatic rings. The monoisotopic (exact) mass is 244 g/mol. The van der Waals surface area contributed by atoms with Gasteiger partial charge in [-0.1, -0.05) is 0 Å². The Hall–Kier alpha value is -1.85. The van der Waals surface area contributed by atoms with Crippen molar-refractivity contribution in [3.05, 3.63) is 40.6 Å². The molecule has 90 valence electrons. The second-order valence-corrected chi connectivity index (χ2v) is 3.78. The minimum absolute atomic E-state index is 0.0558. The van der Waals surface area contributed by atoms with E-state index in [1.165, 1.54) is 6.20 Å². The molecule has 1 aliphatic heterocycles. The Bertz CT molecular complexity index is 547. The van der Waals surface area contributed by atoms with Crippen LogP contribution >= 0.6 is 0 Å². The summed E-state index contributed by atoms with van der Waals surface area (Å²) in [5, 5.41) is 0. The predicted molar refractivity (Wildman–Crippen MR) is 55.5 cm³/mol. The molecule has 0 amide bonds. The first-order valence-electron chi connectivity index (χ1n) is 4.72. The number of benzene rings is 1. The van der Waals surface area contributed by atoms with Crippen LogP contribution in [0.5, 0.6) is 0 Å². The van der Waals surface area contributed by atoms with Gasteiger partial charge in [0, 0.05) is 32.1 Å². The highest BCUT2D eigenvalue weighted by Crippen LogP contribution is 2.33. The fourth-order valence-corrected chi connectivity index (χ4v) is 1.56. The van der Waals surface area contributed by atoms with Gasteiger partial charge in [-0.15, -0.1) is 0 Å². The van der Waals surface area contributed by atoms with Crippen LogP contribution in [0.1, 0.15) is 11.1 Å². The zero-order chi connectivity index (χ0) is 12.7. The Morgan fingerprint density at radius 3 is 2.18 bits per heavy atom. The number of rotatable bonds is 1. The normalized spacial score (nSPS) is 15.5. The van der Waals surface area contributed by atoms with E-state index in [9.17, 15) is 17.6 Å². The van der Waals surface area contributed by atoms with E-state index in [-0.39, 0.29) is 16.8 Å². The van der Waals surface area contributed by atoms with Gasteiger partial charge in [-0.2, -0.15) is 0 Å². The Kier molecular flexibility index (Phi) is 2.65. The fourth-order valence-electron chi connectivity index (χ4n) is 1.56. The zero-order valence-corrected chi connectivity index (χ0v) is 9.06. The summed E-state index contributed by atoms with van der Waals surface area (Å²) in [7, 11) is 3.29. The maximum absolute atomic E-state index is 13.5. The lowest BCUT2D eigenvalue weighted by Crippen LogP contribution is -2.06. The van der Waals surface area contributed by atoms with Gasteiger partial charge in [0.05, 0.1) is 11.3 Å². The predicted octanol–water partition coefficient (Wildman–Crippen LogP) is 2.54. The van der Waals surface area contributed by atoms with Gasteiger partial charge < -0.3 is 4.90 Å². The first kappa shape index (κ1) is 11.6. The third-order valence-electron chi connectivity index (χ3n) is 2.27. The lowest BCUT2D eigenvalue weighted by atomic mass is 10.1. The molecule has 0 radical (unpaired) electrons. The third kappa shape index (κ3) is 1.69. The molecule has 0 bridgehead atoms. The Labute approximate surface area is 94.9 Å². The van der Waals surface area contributed by atoms with E-state index < -0.39 is 23.3 Å². The van der Waals surface area contributed by atoms with E-state index >= 15 is 0 Å². The van der Waals surface area contributed by atoms with Crippen molar-refractivity contribution < 1.29 is 17.6 Å². The van der Waals surface area contributed by atoms with Crippen LogP contribution in [0.25, 0.3) is 5.70 Å². The minimum Gasteiger partial charge on any atom is -0.382 e. The highest BCUT2D eigenvalue weighted by molar-refractivity contribution is 5.97. The fraction of sp³-hybridized carbons (Fsp3) is 0.182. The molecule has 1 heterocycles. The lowest BCUT2D eigenvalue weighted by Gasteiger charge is -2.08. The van der Waals surface area contributed by atoms with Crippen molar-refractivity contribution in [3.8, 4) is 0 Å². The van der Waals surface area contributed by atoms with E-state index in [4.69, 9.17) is 0 Å². The van der Waals surface area contributed by atoms with Crippen molar-refractivity contribution in [1.29, 1.82) is 0 Å². The molecule has 0 unspecified atom stereocenters. The van der Waals surface area contributed by atoms with Crippen LogP contribution in [0.4, 0.5) is 17.6 Å². The molecule has 1 aromatic carbocycles. The summed E-state index contributed by atoms with van der Waals surface area (Å²) in [6, 6.07) is 0. The summed E-state index contributed by atoms with van der Waals surface area (Å²) in [5.74, 6) is -6.50. The molecule has 0 saturated heterocycles. The number of halogens is 4. The van der Waals surface area contributed by atoms with Crippen molar-refractivity contribution >= 4 is 11.9 Å². The van der Waals surface area contributed by atoms with E-state index in [1.807, 2.05) is 0 Å². The molecule has 17 heavy (non-hydrogen) atoms. The number of fused-ring (bicyclic) bond motifs is 1. The van der Waals surface area contributed by atoms with Gasteiger partial charge in [-0.25, -0.2) is 17.6 Å². The van der Waals surface area contributed by atoms with Crippen LogP contribution in [0.2, 0.25) is 0 Å². The van der Waals surface area contributed by atoms with Crippen LogP contribution in [-0.4, -0.2) is 25.2 Å². The number of nitrogens with zero attached hydrogens (tertiary/aromatic N) is 2. The van der Waals surface area contributed by atoms with Gasteiger partial charge in [-0.05, 0) is 0 Å². The molecule has 0 N–H and O–H groups in total. The number of hydrogen-bond donors (Lipinski definition) is 0. The van der Waals surface area contributed by atoms with Gasteiger partial charge in [0.25, 0.3) is 0 Å². The second-order valence-electron chi connectivity index (χ2n) is 3.78. The minimum atomic E-state index is -1.82. The highest BCUT2D eigenvalue weighted by atomic mass is 19.2. The SMILES string of the molecule is CN(C)C=C1N=Cc2c(F)c(F)c(F)c(F)c21. The maximum Gasteiger partial charge on any atom is 0.198 e. The average Bonchev–Trinajstić information content (AvgIpc) is 2.66. The zero-order valence-electron chi connectivity index (χ0n) is 9.06. The summed E-state index contributed by atoms with van der Waals surface area (Å²) in [6.45, 7) is 0. The quantitative estimate of drug-likeness (QED) is 0.421. The molecule has 2 nitrogen and oxygen atoms in total. The van der Waals surface area contributed by atoms with E-state index in [0.29, 0.717) is 0 Å². The molecule has 0 spiro atoms. The largest absolute Gasteiger partial charge is 0.382 e. The van der Waals surface area contributed by atoms with Crippen molar-refractivity contribution in [2.45, 2.75) is 0 Å². The van der Waals surface area contributed by atoms with Gasteiger partial charge in [-0.3, -0.25) is 4.99 Å². The average molecular weight is 244 g/mol. The van der Waals surface area contributed by atoms with Gasteiger partial charge in [0.2, 0.25) is 0 Å². The van der Waals surface area contributed by atoms with Crippen LogP contribution in [-0.2, 0) is 0 Å². The highest BCUT2D eigenvalue weighted by Gasteiger charge is 2.29. The molecule has 1 aromatic rings. The standard InChI is InChI=1S/C11H8F4N2/c1-17(2)4-6-7-5(3-16-6)8(12)10(14)11(15)9(7)13/h3-4H,1-2H3. The summed E-state index contributed by atoms with van der Waals surface area (Å²) < 4.78 is 52.9. The van der Waals surface area contributed by atoms with Crippen molar-refractivity contribution in [1.82, 2.24) is 4.90 Å². The Morgan fingerprint density at radius 2 is 1.59 bits per heavy atom. The smallest absolute Gasteiger partial charge is 0.198 e. The van der Waals surface area contributed by atoms with Gasteiger partial charge in [0.15, 0.2) is 23.3 Å². The van der Waals surface area contributed by atoms with Gasteiger partial charge >= 0.3 is 0 Å². The van der Waals surface area contributed by atoms with E-state index in [0.717, 1.165) is 6.21 Å². The van der Waals surface area contributed by atoms with Crippen LogP contribution in [0, 0.1) is 23.3 Å². The lowest BCUT2D eigenvalue weighted by molar-refractivity contribution is 0.407. The van der Waals surface area contributed by atoms with Crippen molar-refractivity contribution in [3.63, 3.8) is 0 Å². The Balaban J connectivity index is 2.73. The molecule has 0 aliphatic carbocycles. The molecule has 0 aromatic heterocycles. The van der Waals surface area contributed by atoms with E-state index in [1.54, 1.807) is 19.0 Å². The topological polar surface area (TPSA) is 15.6 Å². The number of hydrogen-bond acceptors (Lipinski definition) is 2. The first-order valence-corrected chi connectivity index (χ1v) is 4.72. The van der Waals surface area contributed by atoms with Crippen molar-refractivity contribution in [2.24, 2.45) is 4.99 Å².